The number of hydrogen-bond acceptors (Lipinski definition) is 6. The molecular weight excluding hydrogens is 392 g/mol. The van der Waals surface area contributed by atoms with E-state index in [1.807, 2.05) is 37.3 Å². The molecule has 148 valence electrons. The summed E-state index contributed by atoms with van der Waals surface area (Å²) in [5.41, 5.74) is 1.81. The first-order valence-electron chi connectivity index (χ1n) is 9.17. The molecule has 0 aliphatic heterocycles. The van der Waals surface area contributed by atoms with E-state index in [9.17, 15) is 9.59 Å². The van der Waals surface area contributed by atoms with Crippen LogP contribution in [0.2, 0.25) is 0 Å². The Morgan fingerprint density at radius 2 is 1.93 bits per heavy atom. The summed E-state index contributed by atoms with van der Waals surface area (Å²) >= 11 is 2.76. The van der Waals surface area contributed by atoms with Gasteiger partial charge < -0.3 is 10.2 Å². The van der Waals surface area contributed by atoms with Crippen LogP contribution in [0.5, 0.6) is 0 Å². The average molecular weight is 417 g/mol. The highest BCUT2D eigenvalue weighted by Crippen LogP contribution is 2.24. The number of fused-ring (bicyclic) bond motifs is 1. The number of thioether (sulfide) groups is 1. The molecule has 0 saturated carbocycles. The van der Waals surface area contributed by atoms with Crippen molar-refractivity contribution < 1.29 is 4.79 Å². The zero-order valence-corrected chi connectivity index (χ0v) is 18.1. The van der Waals surface area contributed by atoms with Gasteiger partial charge in [0, 0.05) is 36.4 Å². The van der Waals surface area contributed by atoms with Crippen LogP contribution in [0.25, 0.3) is 10.2 Å². The van der Waals surface area contributed by atoms with E-state index in [1.165, 1.54) is 27.7 Å². The Kier molecular flexibility index (Phi) is 6.41. The van der Waals surface area contributed by atoms with E-state index in [4.69, 9.17) is 0 Å². The van der Waals surface area contributed by atoms with E-state index in [1.54, 1.807) is 7.05 Å². The fraction of sp³-hybridized carbons (Fsp3) is 0.350. The molecule has 1 amide bonds. The van der Waals surface area contributed by atoms with Crippen LogP contribution in [-0.2, 0) is 11.8 Å². The summed E-state index contributed by atoms with van der Waals surface area (Å²) in [4.78, 5) is 33.3. The molecule has 0 atom stereocenters. The molecule has 0 bridgehead atoms. The van der Waals surface area contributed by atoms with Crippen LogP contribution in [-0.4, -0.2) is 34.3 Å². The Balaban J connectivity index is 1.65. The maximum Gasteiger partial charge on any atom is 0.262 e. The summed E-state index contributed by atoms with van der Waals surface area (Å²) in [7, 11) is 1.69. The van der Waals surface area contributed by atoms with Gasteiger partial charge in [0.1, 0.15) is 4.83 Å². The predicted octanol–water partition coefficient (Wildman–Crippen LogP) is 3.88. The van der Waals surface area contributed by atoms with Crippen LogP contribution in [0.1, 0.15) is 18.7 Å². The van der Waals surface area contributed by atoms with E-state index < -0.39 is 0 Å². The monoisotopic (exact) mass is 416 g/mol. The minimum atomic E-state index is -0.128. The minimum absolute atomic E-state index is 0.0794. The smallest absolute Gasteiger partial charge is 0.262 e. The average Bonchev–Trinajstić information content (AvgIpc) is 3.06. The van der Waals surface area contributed by atoms with Gasteiger partial charge in [-0.05, 0) is 51.1 Å². The maximum absolute atomic E-state index is 12.4. The highest BCUT2D eigenvalue weighted by Gasteiger charge is 2.13. The molecule has 0 aliphatic carbocycles. The zero-order chi connectivity index (χ0) is 20.3. The van der Waals surface area contributed by atoms with E-state index in [2.05, 4.69) is 29.0 Å². The Bertz CT molecular complexity index is 1040. The number of nitrogens with one attached hydrogen (secondary N) is 1. The lowest BCUT2D eigenvalue weighted by Crippen LogP contribution is -2.22. The second-order valence-electron chi connectivity index (χ2n) is 6.39. The van der Waals surface area contributed by atoms with Crippen molar-refractivity contribution in [1.82, 2.24) is 9.55 Å². The topological polar surface area (TPSA) is 67.2 Å². The lowest BCUT2D eigenvalue weighted by molar-refractivity contribution is -0.113. The number of thiophene rings is 1. The molecule has 6 nitrogen and oxygen atoms in total. The van der Waals surface area contributed by atoms with Crippen molar-refractivity contribution >= 4 is 50.6 Å². The fourth-order valence-electron chi connectivity index (χ4n) is 2.97. The van der Waals surface area contributed by atoms with Crippen LogP contribution in [0.4, 0.5) is 11.4 Å². The van der Waals surface area contributed by atoms with E-state index in [0.29, 0.717) is 10.5 Å². The third-order valence-electron chi connectivity index (χ3n) is 4.47. The van der Waals surface area contributed by atoms with Crippen LogP contribution >= 0.6 is 23.1 Å². The second kappa shape index (κ2) is 8.79. The van der Waals surface area contributed by atoms with Crippen molar-refractivity contribution in [2.45, 2.75) is 25.9 Å². The first-order valence-corrected chi connectivity index (χ1v) is 11.0. The van der Waals surface area contributed by atoms with Gasteiger partial charge in [-0.3, -0.25) is 14.2 Å². The highest BCUT2D eigenvalue weighted by molar-refractivity contribution is 7.99. The minimum Gasteiger partial charge on any atom is -0.372 e. The third kappa shape index (κ3) is 4.39. The van der Waals surface area contributed by atoms with Gasteiger partial charge in [-0.25, -0.2) is 4.98 Å². The molecule has 0 saturated heterocycles. The maximum atomic E-state index is 12.4. The molecule has 0 unspecified atom stereocenters. The van der Waals surface area contributed by atoms with Crippen molar-refractivity contribution in [3.8, 4) is 0 Å². The van der Waals surface area contributed by atoms with E-state index in [0.717, 1.165) is 34.2 Å². The Morgan fingerprint density at radius 3 is 2.57 bits per heavy atom. The molecule has 0 radical (unpaired) electrons. The summed E-state index contributed by atoms with van der Waals surface area (Å²) in [5, 5.41) is 4.08. The Morgan fingerprint density at radius 1 is 1.25 bits per heavy atom. The summed E-state index contributed by atoms with van der Waals surface area (Å²) in [5.74, 6) is 0.0609. The van der Waals surface area contributed by atoms with Crippen molar-refractivity contribution in [1.29, 1.82) is 0 Å². The summed E-state index contributed by atoms with van der Waals surface area (Å²) in [6, 6.07) is 9.69. The quantitative estimate of drug-likeness (QED) is 0.468. The Labute approximate surface area is 172 Å². The standard InChI is InChI=1S/C20H24N4O2S2/c1-5-24(6-2)15-9-7-14(8-10-15)21-17(25)12-27-20-22-18-16(11-13(3)28-18)19(26)23(20)4/h7-11H,5-6,12H2,1-4H3,(H,21,25). The van der Waals surface area contributed by atoms with Gasteiger partial charge in [0.05, 0.1) is 11.1 Å². The summed E-state index contributed by atoms with van der Waals surface area (Å²) in [6.07, 6.45) is 0. The molecular formula is C20H24N4O2S2. The van der Waals surface area contributed by atoms with Crippen molar-refractivity contribution in [3.63, 3.8) is 0 Å². The summed E-state index contributed by atoms with van der Waals surface area (Å²) < 4.78 is 1.51. The lowest BCUT2D eigenvalue weighted by atomic mass is 10.2. The molecule has 0 spiro atoms. The molecule has 2 aromatic heterocycles. The molecule has 3 rings (SSSR count). The highest BCUT2D eigenvalue weighted by atomic mass is 32.2. The normalized spacial score (nSPS) is 11.0. The zero-order valence-electron chi connectivity index (χ0n) is 16.5. The van der Waals surface area contributed by atoms with Gasteiger partial charge in [0.2, 0.25) is 5.91 Å². The number of anilines is 2. The summed E-state index contributed by atoms with van der Waals surface area (Å²) in [6.45, 7) is 8.08. The number of benzene rings is 1. The molecule has 1 N–H and O–H groups in total. The number of hydrogen-bond donors (Lipinski definition) is 1. The van der Waals surface area contributed by atoms with E-state index >= 15 is 0 Å². The van der Waals surface area contributed by atoms with Crippen LogP contribution in [0, 0.1) is 6.92 Å². The van der Waals surface area contributed by atoms with Crippen molar-refractivity contribution in [3.05, 3.63) is 45.6 Å². The Hall–Kier alpha value is -2.32. The molecule has 3 aromatic rings. The molecule has 8 heteroatoms. The molecule has 28 heavy (non-hydrogen) atoms. The first-order chi connectivity index (χ1) is 13.4. The first kappa shape index (κ1) is 20.4. The number of aryl methyl sites for hydroxylation is 1. The molecule has 2 heterocycles. The fourth-order valence-corrected chi connectivity index (χ4v) is 4.66. The van der Waals surface area contributed by atoms with Crippen LogP contribution < -0.4 is 15.8 Å². The van der Waals surface area contributed by atoms with Crippen LogP contribution in [0.3, 0.4) is 0 Å². The largest absolute Gasteiger partial charge is 0.372 e. The number of aromatic nitrogens is 2. The van der Waals surface area contributed by atoms with Crippen molar-refractivity contribution in [2.24, 2.45) is 7.05 Å². The van der Waals surface area contributed by atoms with Gasteiger partial charge in [0.25, 0.3) is 5.56 Å². The molecule has 1 aromatic carbocycles. The van der Waals surface area contributed by atoms with E-state index in [-0.39, 0.29) is 17.2 Å². The number of nitrogens with zero attached hydrogens (tertiary/aromatic N) is 3. The van der Waals surface area contributed by atoms with Gasteiger partial charge in [-0.2, -0.15) is 0 Å². The molecule has 0 fully saturated rings. The number of carbonyl (C=O) groups is 1. The van der Waals surface area contributed by atoms with Crippen molar-refractivity contribution in [2.75, 3.05) is 29.1 Å². The van der Waals surface area contributed by atoms with Gasteiger partial charge in [-0.15, -0.1) is 11.3 Å². The van der Waals surface area contributed by atoms with Crippen LogP contribution in [0.15, 0.2) is 40.3 Å². The molecule has 0 aliphatic rings. The predicted molar refractivity (Wildman–Crippen MR) is 119 cm³/mol. The number of rotatable bonds is 7. The second-order valence-corrected chi connectivity index (χ2v) is 8.57. The number of amides is 1. The third-order valence-corrected chi connectivity index (χ3v) is 6.44. The SMILES string of the molecule is CCN(CC)c1ccc(NC(=O)CSc2nc3sc(C)cc3c(=O)n2C)cc1. The number of carbonyl (C=O) groups excluding carboxylic acids is 1. The lowest BCUT2D eigenvalue weighted by Gasteiger charge is -2.21. The van der Waals surface area contributed by atoms with Gasteiger partial charge >= 0.3 is 0 Å². The van der Waals surface area contributed by atoms with Gasteiger partial charge in [-0.1, -0.05) is 11.8 Å². The van der Waals surface area contributed by atoms with Gasteiger partial charge in [0.15, 0.2) is 5.16 Å².